The zero-order valence-electron chi connectivity index (χ0n) is 12.0. The van der Waals surface area contributed by atoms with Crippen molar-refractivity contribution in [3.8, 4) is 0 Å². The molecule has 0 fully saturated rings. The Kier molecular flexibility index (Phi) is 4.46. The molecule has 0 aliphatic rings. The van der Waals surface area contributed by atoms with Crippen molar-refractivity contribution in [2.24, 2.45) is 0 Å². The molecule has 0 heterocycles. The van der Waals surface area contributed by atoms with Gasteiger partial charge in [0.15, 0.2) is 0 Å². The van der Waals surface area contributed by atoms with Crippen LogP contribution in [0.5, 0.6) is 0 Å². The summed E-state index contributed by atoms with van der Waals surface area (Å²) in [5.41, 5.74) is 5.06. The van der Waals surface area contributed by atoms with E-state index in [0.717, 1.165) is 22.4 Å². The van der Waals surface area contributed by atoms with Gasteiger partial charge < -0.3 is 5.32 Å². The van der Waals surface area contributed by atoms with Gasteiger partial charge in [-0.25, -0.2) is 0 Å². The van der Waals surface area contributed by atoms with Crippen LogP contribution < -0.4 is 5.32 Å². The molecule has 0 spiro atoms. The summed E-state index contributed by atoms with van der Waals surface area (Å²) in [6.07, 6.45) is 0.373. The third-order valence-corrected chi connectivity index (χ3v) is 3.80. The topological polar surface area (TPSA) is 29.1 Å². The van der Waals surface area contributed by atoms with Gasteiger partial charge in [-0.05, 0) is 49.6 Å². The second-order valence-electron chi connectivity index (χ2n) is 5.07. The second kappa shape index (κ2) is 6.10. The summed E-state index contributed by atoms with van der Waals surface area (Å²) in [6.45, 7) is 5.97. The highest BCUT2D eigenvalue weighted by atomic mass is 35.5. The Morgan fingerprint density at radius 3 is 2.60 bits per heavy atom. The molecular formula is C17H18ClNO. The molecule has 0 saturated carbocycles. The number of amides is 1. The maximum atomic E-state index is 12.1. The molecular weight excluding hydrogens is 270 g/mol. The zero-order chi connectivity index (χ0) is 14.7. The van der Waals surface area contributed by atoms with E-state index in [2.05, 4.69) is 11.4 Å². The first-order valence-electron chi connectivity index (χ1n) is 6.58. The van der Waals surface area contributed by atoms with Gasteiger partial charge in [-0.15, -0.1) is 0 Å². The van der Waals surface area contributed by atoms with Crippen LogP contribution in [-0.2, 0) is 11.2 Å². The molecule has 2 nitrogen and oxygen atoms in total. The lowest BCUT2D eigenvalue weighted by atomic mass is 10.0. The lowest BCUT2D eigenvalue weighted by Gasteiger charge is -2.11. The van der Waals surface area contributed by atoms with E-state index in [-0.39, 0.29) is 5.91 Å². The summed E-state index contributed by atoms with van der Waals surface area (Å²) in [6, 6.07) is 11.6. The smallest absolute Gasteiger partial charge is 0.228 e. The molecule has 0 saturated heterocycles. The molecule has 0 bridgehead atoms. The molecule has 0 aliphatic carbocycles. The minimum absolute atomic E-state index is 0.0256. The highest BCUT2D eigenvalue weighted by Crippen LogP contribution is 2.23. The van der Waals surface area contributed by atoms with Crippen molar-refractivity contribution in [2.75, 3.05) is 5.32 Å². The number of carbonyl (C=O) groups is 1. The Labute approximate surface area is 124 Å². The van der Waals surface area contributed by atoms with Crippen molar-refractivity contribution in [3.63, 3.8) is 0 Å². The predicted molar refractivity (Wildman–Crippen MR) is 84.4 cm³/mol. The molecule has 0 radical (unpaired) electrons. The number of anilines is 1. The van der Waals surface area contributed by atoms with Crippen molar-refractivity contribution in [3.05, 3.63) is 63.7 Å². The van der Waals surface area contributed by atoms with E-state index in [1.54, 1.807) is 0 Å². The number of benzene rings is 2. The first-order valence-corrected chi connectivity index (χ1v) is 6.96. The van der Waals surface area contributed by atoms with Crippen LogP contribution in [0.1, 0.15) is 22.3 Å². The van der Waals surface area contributed by atoms with Crippen LogP contribution in [0.25, 0.3) is 0 Å². The zero-order valence-corrected chi connectivity index (χ0v) is 12.7. The van der Waals surface area contributed by atoms with Gasteiger partial charge >= 0.3 is 0 Å². The van der Waals surface area contributed by atoms with Gasteiger partial charge in [-0.1, -0.05) is 41.4 Å². The number of hydrogen-bond donors (Lipinski definition) is 1. The number of halogens is 1. The first-order chi connectivity index (χ1) is 9.47. The van der Waals surface area contributed by atoms with Gasteiger partial charge in [0, 0.05) is 10.7 Å². The Morgan fingerprint density at radius 1 is 1.15 bits per heavy atom. The third-order valence-electron chi connectivity index (χ3n) is 3.39. The van der Waals surface area contributed by atoms with Crippen LogP contribution in [0.15, 0.2) is 36.4 Å². The van der Waals surface area contributed by atoms with Crippen molar-refractivity contribution < 1.29 is 4.79 Å². The molecule has 1 amide bonds. The van der Waals surface area contributed by atoms with Crippen LogP contribution in [-0.4, -0.2) is 5.91 Å². The second-order valence-corrected chi connectivity index (χ2v) is 5.47. The molecule has 2 aromatic carbocycles. The van der Waals surface area contributed by atoms with Gasteiger partial charge in [0.2, 0.25) is 5.91 Å². The fraction of sp³-hybridized carbons (Fsp3) is 0.235. The minimum atomic E-state index is -0.0256. The van der Waals surface area contributed by atoms with E-state index >= 15 is 0 Å². The van der Waals surface area contributed by atoms with E-state index in [9.17, 15) is 4.79 Å². The summed E-state index contributed by atoms with van der Waals surface area (Å²) in [4.78, 5) is 12.1. The highest BCUT2D eigenvalue weighted by Gasteiger charge is 2.09. The number of aryl methyl sites for hydroxylation is 2. The average Bonchev–Trinajstić information content (AvgIpc) is 2.38. The van der Waals surface area contributed by atoms with Crippen LogP contribution in [0, 0.1) is 20.8 Å². The van der Waals surface area contributed by atoms with Gasteiger partial charge in [0.1, 0.15) is 0 Å². The van der Waals surface area contributed by atoms with Crippen molar-refractivity contribution in [1.29, 1.82) is 0 Å². The molecule has 2 aromatic rings. The van der Waals surface area contributed by atoms with Crippen molar-refractivity contribution in [1.82, 2.24) is 0 Å². The summed E-state index contributed by atoms with van der Waals surface area (Å²) in [5.74, 6) is -0.0256. The molecule has 2 rings (SSSR count). The third kappa shape index (κ3) is 3.40. The molecule has 1 N–H and O–H groups in total. The normalized spacial score (nSPS) is 10.4. The Morgan fingerprint density at radius 2 is 1.90 bits per heavy atom. The van der Waals surface area contributed by atoms with Gasteiger partial charge in [-0.3, -0.25) is 4.79 Å². The average molecular weight is 288 g/mol. The van der Waals surface area contributed by atoms with E-state index in [4.69, 9.17) is 11.6 Å². The van der Waals surface area contributed by atoms with E-state index < -0.39 is 0 Å². The number of carbonyl (C=O) groups excluding carboxylic acids is 1. The van der Waals surface area contributed by atoms with Crippen LogP contribution >= 0.6 is 11.6 Å². The quantitative estimate of drug-likeness (QED) is 0.888. The summed E-state index contributed by atoms with van der Waals surface area (Å²) in [5, 5.41) is 3.58. The number of nitrogens with one attached hydrogen (secondary N) is 1. The maximum Gasteiger partial charge on any atom is 0.228 e. The molecule has 0 atom stereocenters. The minimum Gasteiger partial charge on any atom is -0.326 e. The van der Waals surface area contributed by atoms with Crippen molar-refractivity contribution in [2.45, 2.75) is 27.2 Å². The Hall–Kier alpha value is -1.80. The summed E-state index contributed by atoms with van der Waals surface area (Å²) >= 11 is 6.05. The molecule has 20 heavy (non-hydrogen) atoms. The standard InChI is InChI=1S/C17H18ClNO/c1-11-7-8-14(12(2)9-11)10-17(20)19-16-6-4-5-15(18)13(16)3/h4-9H,10H2,1-3H3,(H,19,20). The SMILES string of the molecule is Cc1ccc(CC(=O)Nc2cccc(Cl)c2C)c(C)c1. The van der Waals surface area contributed by atoms with Crippen LogP contribution in [0.4, 0.5) is 5.69 Å². The monoisotopic (exact) mass is 287 g/mol. The Bertz CT molecular complexity index is 649. The summed E-state index contributed by atoms with van der Waals surface area (Å²) < 4.78 is 0. The van der Waals surface area contributed by atoms with E-state index in [1.807, 2.05) is 51.1 Å². The lowest BCUT2D eigenvalue weighted by molar-refractivity contribution is -0.115. The molecule has 0 unspecified atom stereocenters. The molecule has 0 aliphatic heterocycles. The fourth-order valence-electron chi connectivity index (χ4n) is 2.15. The van der Waals surface area contributed by atoms with Gasteiger partial charge in [-0.2, -0.15) is 0 Å². The lowest BCUT2D eigenvalue weighted by Crippen LogP contribution is -2.15. The van der Waals surface area contributed by atoms with E-state index in [1.165, 1.54) is 5.56 Å². The Balaban J connectivity index is 2.11. The van der Waals surface area contributed by atoms with Crippen LogP contribution in [0.2, 0.25) is 5.02 Å². The largest absolute Gasteiger partial charge is 0.326 e. The maximum absolute atomic E-state index is 12.1. The van der Waals surface area contributed by atoms with Gasteiger partial charge in [0.05, 0.1) is 6.42 Å². The van der Waals surface area contributed by atoms with Crippen molar-refractivity contribution >= 4 is 23.2 Å². The van der Waals surface area contributed by atoms with E-state index in [0.29, 0.717) is 11.4 Å². The molecule has 0 aromatic heterocycles. The highest BCUT2D eigenvalue weighted by molar-refractivity contribution is 6.31. The first kappa shape index (κ1) is 14.6. The summed E-state index contributed by atoms with van der Waals surface area (Å²) in [7, 11) is 0. The van der Waals surface area contributed by atoms with Crippen LogP contribution in [0.3, 0.4) is 0 Å². The predicted octanol–water partition coefficient (Wildman–Crippen LogP) is 4.45. The number of hydrogen-bond acceptors (Lipinski definition) is 1. The fourth-order valence-corrected chi connectivity index (χ4v) is 2.33. The number of rotatable bonds is 3. The molecule has 104 valence electrons. The molecule has 3 heteroatoms. The van der Waals surface area contributed by atoms with Gasteiger partial charge in [0.25, 0.3) is 0 Å².